The fraction of sp³-hybridized carbons (Fsp3) is 0. The highest BCUT2D eigenvalue weighted by Crippen LogP contribution is 2.20. The van der Waals surface area contributed by atoms with Gasteiger partial charge in [-0.05, 0) is 0 Å². The van der Waals surface area contributed by atoms with Gasteiger partial charge in [0.1, 0.15) is 5.52 Å². The number of nitrogen functional groups attached to an aromatic ring is 1. The van der Waals surface area contributed by atoms with Crippen LogP contribution in [0.5, 0.6) is 0 Å². The number of hydrogen-bond acceptors (Lipinski definition) is 4. The number of nitrogens with two attached hydrogens (primary N) is 1. The molecule has 0 unspecified atom stereocenters. The van der Waals surface area contributed by atoms with Crippen molar-refractivity contribution < 1.29 is 4.39 Å². The molecular weight excluding hydrogens is 221 g/mol. The van der Waals surface area contributed by atoms with Crippen molar-refractivity contribution in [3.8, 4) is 11.4 Å². The van der Waals surface area contributed by atoms with Crippen LogP contribution in [0.4, 0.5) is 10.2 Å². The van der Waals surface area contributed by atoms with Gasteiger partial charge in [-0.1, -0.05) is 30.3 Å². The largest absolute Gasteiger partial charge is 0.382 e. The average Bonchev–Trinajstić information content (AvgIpc) is 2.71. The summed E-state index contributed by atoms with van der Waals surface area (Å²) in [6.45, 7) is 0. The zero-order valence-electron chi connectivity index (χ0n) is 8.68. The summed E-state index contributed by atoms with van der Waals surface area (Å²) >= 11 is 0. The van der Waals surface area contributed by atoms with E-state index in [0.29, 0.717) is 11.3 Å². The van der Waals surface area contributed by atoms with Crippen molar-refractivity contribution in [2.75, 3.05) is 5.73 Å². The van der Waals surface area contributed by atoms with Crippen molar-refractivity contribution in [3.05, 3.63) is 36.4 Å². The second-order valence-electron chi connectivity index (χ2n) is 3.52. The molecule has 3 N–H and O–H groups in total. The summed E-state index contributed by atoms with van der Waals surface area (Å²) in [5.74, 6) is 0.618. The molecule has 84 valence electrons. The van der Waals surface area contributed by atoms with E-state index >= 15 is 0 Å². The first kappa shape index (κ1) is 9.71. The predicted molar refractivity (Wildman–Crippen MR) is 61.5 cm³/mol. The van der Waals surface area contributed by atoms with Gasteiger partial charge in [-0.25, -0.2) is 9.97 Å². The highest BCUT2D eigenvalue weighted by Gasteiger charge is 2.11. The van der Waals surface area contributed by atoms with E-state index in [4.69, 9.17) is 5.73 Å². The quantitative estimate of drug-likeness (QED) is 0.623. The van der Waals surface area contributed by atoms with Crippen LogP contribution in [-0.2, 0) is 0 Å². The van der Waals surface area contributed by atoms with Crippen molar-refractivity contribution >= 4 is 17.0 Å². The first-order valence-corrected chi connectivity index (χ1v) is 4.98. The maximum absolute atomic E-state index is 12.9. The molecule has 1 aromatic carbocycles. The van der Waals surface area contributed by atoms with Crippen molar-refractivity contribution in [3.63, 3.8) is 0 Å². The molecule has 0 amide bonds. The van der Waals surface area contributed by atoms with E-state index in [1.54, 1.807) is 0 Å². The molecule has 2 heterocycles. The van der Waals surface area contributed by atoms with Crippen molar-refractivity contribution in [2.24, 2.45) is 0 Å². The van der Waals surface area contributed by atoms with Gasteiger partial charge in [0.2, 0.25) is 0 Å². The van der Waals surface area contributed by atoms with Crippen LogP contribution in [0.1, 0.15) is 0 Å². The molecule has 0 aliphatic heterocycles. The van der Waals surface area contributed by atoms with Crippen LogP contribution in [0.2, 0.25) is 0 Å². The Bertz CT molecular complexity index is 677. The molecule has 3 rings (SSSR count). The molecule has 0 spiro atoms. The van der Waals surface area contributed by atoms with Crippen molar-refractivity contribution in [1.82, 2.24) is 19.9 Å². The van der Waals surface area contributed by atoms with Gasteiger partial charge in [0.25, 0.3) is 6.08 Å². The SMILES string of the molecule is Nc1nc(-c2ccccc2)nc2nc(F)[nH]c12. The van der Waals surface area contributed by atoms with E-state index in [2.05, 4.69) is 19.9 Å². The summed E-state index contributed by atoms with van der Waals surface area (Å²) in [5, 5.41) is 0. The average molecular weight is 229 g/mol. The number of anilines is 1. The van der Waals surface area contributed by atoms with Gasteiger partial charge in [0, 0.05) is 5.56 Å². The normalized spacial score (nSPS) is 10.9. The number of imidazole rings is 1. The summed E-state index contributed by atoms with van der Waals surface area (Å²) in [4.78, 5) is 14.3. The Balaban J connectivity index is 2.25. The molecule has 0 aliphatic carbocycles. The van der Waals surface area contributed by atoms with E-state index in [0.717, 1.165) is 5.56 Å². The molecular formula is C11H8FN5. The number of fused-ring (bicyclic) bond motifs is 1. The molecule has 0 fully saturated rings. The number of aromatic nitrogens is 4. The van der Waals surface area contributed by atoms with Crippen LogP contribution in [-0.4, -0.2) is 19.9 Å². The number of benzene rings is 1. The van der Waals surface area contributed by atoms with E-state index in [1.807, 2.05) is 30.3 Å². The third-order valence-electron chi connectivity index (χ3n) is 2.38. The van der Waals surface area contributed by atoms with Crippen LogP contribution >= 0.6 is 0 Å². The van der Waals surface area contributed by atoms with Crippen LogP contribution < -0.4 is 5.73 Å². The smallest absolute Gasteiger partial charge is 0.289 e. The zero-order chi connectivity index (χ0) is 11.8. The number of nitrogens with zero attached hydrogens (tertiary/aromatic N) is 3. The first-order chi connectivity index (χ1) is 8.24. The van der Waals surface area contributed by atoms with Gasteiger partial charge < -0.3 is 10.7 Å². The molecule has 0 atom stereocenters. The summed E-state index contributed by atoms with van der Waals surface area (Å²) in [5.41, 5.74) is 7.08. The molecule has 5 nitrogen and oxygen atoms in total. The van der Waals surface area contributed by atoms with Crippen molar-refractivity contribution in [2.45, 2.75) is 0 Å². The summed E-state index contributed by atoms with van der Waals surface area (Å²) in [6, 6.07) is 9.32. The van der Waals surface area contributed by atoms with Gasteiger partial charge in [-0.3, -0.25) is 0 Å². The Morgan fingerprint density at radius 2 is 1.82 bits per heavy atom. The standard InChI is InChI=1S/C11H8FN5/c12-11-14-7-8(13)15-9(16-10(7)17-11)6-4-2-1-3-5-6/h1-5H,(H3,13,14,15,16,17). The lowest BCUT2D eigenvalue weighted by Crippen LogP contribution is -1.97. The Morgan fingerprint density at radius 1 is 1.06 bits per heavy atom. The Hall–Kier alpha value is -2.50. The van der Waals surface area contributed by atoms with E-state index in [1.165, 1.54) is 0 Å². The molecule has 17 heavy (non-hydrogen) atoms. The topological polar surface area (TPSA) is 80.5 Å². The molecule has 0 aliphatic rings. The number of H-pyrrole nitrogens is 1. The van der Waals surface area contributed by atoms with Crippen molar-refractivity contribution in [1.29, 1.82) is 0 Å². The summed E-state index contributed by atoms with van der Waals surface area (Å²) in [7, 11) is 0. The number of hydrogen-bond donors (Lipinski definition) is 2. The van der Waals surface area contributed by atoms with Gasteiger partial charge in [0.05, 0.1) is 0 Å². The van der Waals surface area contributed by atoms with E-state index < -0.39 is 6.08 Å². The van der Waals surface area contributed by atoms with Crippen LogP contribution in [0.3, 0.4) is 0 Å². The number of aromatic amines is 1. The van der Waals surface area contributed by atoms with Crippen LogP contribution in [0.15, 0.2) is 30.3 Å². The molecule has 2 aromatic heterocycles. The molecule has 3 aromatic rings. The third kappa shape index (κ3) is 1.59. The molecule has 0 radical (unpaired) electrons. The van der Waals surface area contributed by atoms with Gasteiger partial charge in [-0.2, -0.15) is 9.37 Å². The molecule has 0 bridgehead atoms. The minimum Gasteiger partial charge on any atom is -0.382 e. The minimum atomic E-state index is -0.716. The Labute approximate surface area is 95.5 Å². The number of halogens is 1. The maximum Gasteiger partial charge on any atom is 0.289 e. The molecule has 0 saturated carbocycles. The summed E-state index contributed by atoms with van der Waals surface area (Å²) < 4.78 is 12.9. The van der Waals surface area contributed by atoms with E-state index in [9.17, 15) is 4.39 Å². The second kappa shape index (κ2) is 3.51. The highest BCUT2D eigenvalue weighted by molar-refractivity contribution is 5.83. The second-order valence-corrected chi connectivity index (χ2v) is 3.52. The maximum atomic E-state index is 12.9. The number of rotatable bonds is 1. The van der Waals surface area contributed by atoms with Crippen LogP contribution in [0.25, 0.3) is 22.6 Å². The first-order valence-electron chi connectivity index (χ1n) is 4.98. The van der Waals surface area contributed by atoms with Gasteiger partial charge >= 0.3 is 0 Å². The fourth-order valence-corrected chi connectivity index (χ4v) is 1.61. The van der Waals surface area contributed by atoms with Crippen LogP contribution in [0, 0.1) is 6.08 Å². The highest BCUT2D eigenvalue weighted by atomic mass is 19.1. The lowest BCUT2D eigenvalue weighted by Gasteiger charge is -2.01. The number of nitrogens with one attached hydrogen (secondary N) is 1. The zero-order valence-corrected chi connectivity index (χ0v) is 8.68. The summed E-state index contributed by atoms with van der Waals surface area (Å²) in [6.07, 6.45) is -0.716. The predicted octanol–water partition coefficient (Wildman–Crippen LogP) is 1.74. The van der Waals surface area contributed by atoms with Gasteiger partial charge in [-0.15, -0.1) is 0 Å². The molecule has 6 heteroatoms. The molecule has 0 saturated heterocycles. The monoisotopic (exact) mass is 229 g/mol. The lowest BCUT2D eigenvalue weighted by atomic mass is 10.2. The lowest BCUT2D eigenvalue weighted by molar-refractivity contribution is 0.556. The Kier molecular flexibility index (Phi) is 2.01. The third-order valence-corrected chi connectivity index (χ3v) is 2.38. The fourth-order valence-electron chi connectivity index (χ4n) is 1.61. The van der Waals surface area contributed by atoms with Gasteiger partial charge in [0.15, 0.2) is 17.3 Å². The Morgan fingerprint density at radius 3 is 2.59 bits per heavy atom. The van der Waals surface area contributed by atoms with E-state index in [-0.39, 0.29) is 11.5 Å². The minimum absolute atomic E-state index is 0.185.